The van der Waals surface area contributed by atoms with Crippen LogP contribution in [-0.2, 0) is 0 Å². The fourth-order valence-corrected chi connectivity index (χ4v) is 1.43. The van der Waals surface area contributed by atoms with E-state index in [4.69, 9.17) is 5.73 Å². The van der Waals surface area contributed by atoms with Crippen LogP contribution in [0.3, 0.4) is 0 Å². The Bertz CT molecular complexity index is 142. The number of halogens is 3. The van der Waals surface area contributed by atoms with Crippen LogP contribution in [0.5, 0.6) is 0 Å². The van der Waals surface area contributed by atoms with E-state index in [2.05, 4.69) is 0 Å². The third kappa shape index (κ3) is 3.45. The molecule has 1 aliphatic heterocycles. The summed E-state index contributed by atoms with van der Waals surface area (Å²) in [6, 6.07) is 0.0991. The first kappa shape index (κ1) is 9.86. The number of hydrogen-bond acceptors (Lipinski definition) is 2. The monoisotopic (exact) mass is 181 g/mol. The van der Waals surface area contributed by atoms with Crippen molar-refractivity contribution in [1.82, 2.24) is 4.90 Å². The van der Waals surface area contributed by atoms with Crippen LogP contribution in [0.15, 0.2) is 0 Å². The lowest BCUT2D eigenvalue weighted by molar-refractivity contribution is 0.221. The number of nitrogens with two attached hydrogens (primary N) is 1. The van der Waals surface area contributed by atoms with E-state index in [1.165, 1.54) is 4.90 Å². The zero-order valence-electron chi connectivity index (χ0n) is 6.85. The molecule has 0 saturated carbocycles. The Labute approximate surface area is 70.0 Å². The molecule has 0 aromatic carbocycles. The summed E-state index contributed by atoms with van der Waals surface area (Å²) in [6.07, 6.45) is 0.644. The highest BCUT2D eigenvalue weighted by molar-refractivity contribution is 6.58. The third-order valence-electron chi connectivity index (χ3n) is 2.10. The Kier molecular flexibility index (Phi) is 3.01. The summed E-state index contributed by atoms with van der Waals surface area (Å²) >= 11 is 0. The van der Waals surface area contributed by atoms with Crippen molar-refractivity contribution in [3.05, 3.63) is 0 Å². The van der Waals surface area contributed by atoms with Gasteiger partial charge in [-0.05, 0) is 32.4 Å². The molecular formula is C6H13BF3N2-. The molecule has 0 atom stereocenters. The zero-order valence-corrected chi connectivity index (χ0v) is 6.85. The average Bonchev–Trinajstić information content (AvgIpc) is 1.91. The molecule has 2 N–H and O–H groups in total. The molecule has 2 nitrogen and oxygen atoms in total. The van der Waals surface area contributed by atoms with Gasteiger partial charge in [0, 0.05) is 6.04 Å². The van der Waals surface area contributed by atoms with Gasteiger partial charge in [-0.3, -0.25) is 0 Å². The van der Waals surface area contributed by atoms with E-state index in [9.17, 15) is 12.9 Å². The van der Waals surface area contributed by atoms with Crippen molar-refractivity contribution in [2.75, 3.05) is 19.5 Å². The number of rotatable bonds is 2. The summed E-state index contributed by atoms with van der Waals surface area (Å²) in [7, 11) is 0. The second kappa shape index (κ2) is 3.66. The standard InChI is InChI=1S/C6H13BF3N2/c8-7(9,10)5-12-3-1-6(11)2-4-12/h6H,1-5,11H2/q-1. The summed E-state index contributed by atoms with van der Waals surface area (Å²) in [5.74, 6) is 0. The van der Waals surface area contributed by atoms with Crippen molar-refractivity contribution in [3.8, 4) is 0 Å². The Morgan fingerprint density at radius 2 is 1.75 bits per heavy atom. The molecule has 0 spiro atoms. The van der Waals surface area contributed by atoms with E-state index >= 15 is 0 Å². The van der Waals surface area contributed by atoms with Crippen molar-refractivity contribution in [2.24, 2.45) is 5.73 Å². The van der Waals surface area contributed by atoms with Crippen LogP contribution >= 0.6 is 0 Å². The Morgan fingerprint density at radius 1 is 1.25 bits per heavy atom. The normalized spacial score (nSPS) is 23.0. The highest BCUT2D eigenvalue weighted by Crippen LogP contribution is 2.14. The molecule has 0 bridgehead atoms. The van der Waals surface area contributed by atoms with Crippen LogP contribution in [0.25, 0.3) is 0 Å². The maximum absolute atomic E-state index is 11.9. The second-order valence-electron chi connectivity index (χ2n) is 3.35. The molecule has 1 fully saturated rings. The van der Waals surface area contributed by atoms with Gasteiger partial charge in [-0.2, -0.15) is 0 Å². The number of piperidine rings is 1. The highest BCUT2D eigenvalue weighted by atomic mass is 19.4. The van der Waals surface area contributed by atoms with E-state index in [0.29, 0.717) is 25.9 Å². The molecular weight excluding hydrogens is 168 g/mol. The van der Waals surface area contributed by atoms with Crippen molar-refractivity contribution < 1.29 is 12.9 Å². The fourth-order valence-electron chi connectivity index (χ4n) is 1.43. The lowest BCUT2D eigenvalue weighted by Gasteiger charge is -2.33. The van der Waals surface area contributed by atoms with Crippen LogP contribution in [-0.4, -0.2) is 37.5 Å². The van der Waals surface area contributed by atoms with Crippen molar-refractivity contribution in [1.29, 1.82) is 0 Å². The minimum absolute atomic E-state index is 0.0991. The van der Waals surface area contributed by atoms with Crippen LogP contribution in [0.1, 0.15) is 12.8 Å². The minimum Gasteiger partial charge on any atom is -0.448 e. The number of hydrogen-bond donors (Lipinski definition) is 1. The zero-order chi connectivity index (χ0) is 9.19. The van der Waals surface area contributed by atoms with E-state index in [1.54, 1.807) is 0 Å². The molecule has 6 heteroatoms. The molecule has 0 aromatic heterocycles. The molecule has 0 unspecified atom stereocenters. The molecule has 1 heterocycles. The van der Waals surface area contributed by atoms with Gasteiger partial charge >= 0.3 is 6.98 Å². The van der Waals surface area contributed by atoms with Crippen molar-refractivity contribution in [3.63, 3.8) is 0 Å². The van der Waals surface area contributed by atoms with Gasteiger partial charge in [0.2, 0.25) is 0 Å². The van der Waals surface area contributed by atoms with Gasteiger partial charge in [-0.25, -0.2) is 0 Å². The van der Waals surface area contributed by atoms with Gasteiger partial charge in [-0.1, -0.05) is 0 Å². The molecule has 1 aliphatic rings. The SMILES string of the molecule is NC1CCN(C[B-](F)(F)F)CC1. The fraction of sp³-hybridized carbons (Fsp3) is 1.00. The summed E-state index contributed by atoms with van der Waals surface area (Å²) in [6.45, 7) is -3.68. The van der Waals surface area contributed by atoms with E-state index in [0.717, 1.165) is 0 Å². The first-order chi connectivity index (χ1) is 5.47. The summed E-state index contributed by atoms with van der Waals surface area (Å²) in [5.41, 5.74) is 5.56. The van der Waals surface area contributed by atoms with E-state index in [1.807, 2.05) is 0 Å². The predicted octanol–water partition coefficient (Wildman–Crippen LogP) is 0.796. The highest BCUT2D eigenvalue weighted by Gasteiger charge is 2.28. The molecule has 0 aliphatic carbocycles. The van der Waals surface area contributed by atoms with Crippen molar-refractivity contribution >= 4 is 6.98 Å². The van der Waals surface area contributed by atoms with Gasteiger partial charge in [0.15, 0.2) is 0 Å². The lowest BCUT2D eigenvalue weighted by atomic mass is 9.89. The Balaban J connectivity index is 2.26. The Hall–Kier alpha value is -0.225. The second-order valence-corrected chi connectivity index (χ2v) is 3.35. The lowest BCUT2D eigenvalue weighted by Crippen LogP contribution is -2.45. The van der Waals surface area contributed by atoms with Crippen LogP contribution in [0.4, 0.5) is 12.9 Å². The van der Waals surface area contributed by atoms with Gasteiger partial charge in [0.05, 0.1) is 0 Å². The van der Waals surface area contributed by atoms with E-state index in [-0.39, 0.29) is 6.04 Å². The Morgan fingerprint density at radius 3 is 2.17 bits per heavy atom. The topological polar surface area (TPSA) is 29.3 Å². The third-order valence-corrected chi connectivity index (χ3v) is 2.10. The van der Waals surface area contributed by atoms with Gasteiger partial charge in [0.25, 0.3) is 0 Å². The first-order valence-electron chi connectivity index (χ1n) is 4.16. The predicted molar refractivity (Wildman–Crippen MR) is 42.7 cm³/mol. The molecule has 12 heavy (non-hydrogen) atoms. The van der Waals surface area contributed by atoms with Crippen molar-refractivity contribution in [2.45, 2.75) is 18.9 Å². The van der Waals surface area contributed by atoms with Crippen LogP contribution < -0.4 is 5.73 Å². The molecule has 0 aromatic rings. The van der Waals surface area contributed by atoms with Crippen LogP contribution in [0, 0.1) is 0 Å². The first-order valence-corrected chi connectivity index (χ1v) is 4.16. The summed E-state index contributed by atoms with van der Waals surface area (Å²) in [4.78, 5) is 1.43. The molecule has 1 rings (SSSR count). The number of nitrogens with zero attached hydrogens (tertiary/aromatic N) is 1. The summed E-state index contributed by atoms with van der Waals surface area (Å²) in [5, 5.41) is 0. The minimum atomic E-state index is -4.66. The average molecular weight is 181 g/mol. The van der Waals surface area contributed by atoms with E-state index < -0.39 is 13.4 Å². The summed E-state index contributed by atoms with van der Waals surface area (Å²) < 4.78 is 35.8. The molecule has 1 saturated heterocycles. The molecule has 72 valence electrons. The maximum atomic E-state index is 11.9. The quantitative estimate of drug-likeness (QED) is 0.638. The molecule has 0 amide bonds. The largest absolute Gasteiger partial charge is 0.492 e. The van der Waals surface area contributed by atoms with Crippen LogP contribution in [0.2, 0.25) is 0 Å². The van der Waals surface area contributed by atoms with Gasteiger partial charge in [-0.15, -0.1) is 0 Å². The van der Waals surface area contributed by atoms with Gasteiger partial charge in [0.1, 0.15) is 0 Å². The smallest absolute Gasteiger partial charge is 0.448 e. The molecule has 0 radical (unpaired) electrons. The van der Waals surface area contributed by atoms with Gasteiger partial charge < -0.3 is 23.6 Å². The maximum Gasteiger partial charge on any atom is 0.492 e. The number of likely N-dealkylation sites (tertiary alicyclic amines) is 1.